The highest BCUT2D eigenvalue weighted by atomic mass is 16.5. The summed E-state index contributed by atoms with van der Waals surface area (Å²) in [5.74, 6) is 0.893. The molecule has 0 fully saturated rings. The third kappa shape index (κ3) is 3.18. The summed E-state index contributed by atoms with van der Waals surface area (Å²) >= 11 is 0. The molecule has 0 aliphatic carbocycles. The van der Waals surface area contributed by atoms with Gasteiger partial charge in [0.25, 0.3) is 0 Å². The molecule has 0 aliphatic rings. The molecule has 2 rings (SSSR count). The molecule has 104 valence electrons. The summed E-state index contributed by atoms with van der Waals surface area (Å²) in [6.45, 7) is 6.25. The van der Waals surface area contributed by atoms with Gasteiger partial charge in [-0.3, -0.25) is 0 Å². The molecule has 0 radical (unpaired) electrons. The highest BCUT2D eigenvalue weighted by Gasteiger charge is 2.09. The molecule has 0 amide bonds. The van der Waals surface area contributed by atoms with Crippen LogP contribution in [0.5, 0.6) is 11.5 Å². The third-order valence-corrected chi connectivity index (χ3v) is 3.12. The van der Waals surface area contributed by atoms with E-state index in [0.29, 0.717) is 11.7 Å². The molecule has 3 heteroatoms. The molecule has 0 atom stereocenters. The zero-order chi connectivity index (χ0) is 14.7. The van der Waals surface area contributed by atoms with Crippen molar-refractivity contribution in [1.82, 2.24) is 0 Å². The number of carboxylic acid groups (broad SMARTS) is 1. The standard InChI is InChI=1S/C17H18O3/c1-11(2)15-9-4-12(3)10-16(15)20-14-7-5-13(6-8-14)17(18)19/h4-11H,1-3H3,(H,18,19). The predicted molar refractivity (Wildman–Crippen MR) is 78.7 cm³/mol. The van der Waals surface area contributed by atoms with Crippen molar-refractivity contribution in [3.8, 4) is 11.5 Å². The maximum absolute atomic E-state index is 10.8. The van der Waals surface area contributed by atoms with Crippen molar-refractivity contribution in [1.29, 1.82) is 0 Å². The number of hydrogen-bond donors (Lipinski definition) is 1. The minimum atomic E-state index is -0.935. The van der Waals surface area contributed by atoms with E-state index >= 15 is 0 Å². The molecule has 0 aromatic heterocycles. The van der Waals surface area contributed by atoms with Gasteiger partial charge in [0.05, 0.1) is 5.56 Å². The Bertz CT molecular complexity index is 613. The number of aromatic carboxylic acids is 1. The van der Waals surface area contributed by atoms with Crippen LogP contribution in [-0.4, -0.2) is 11.1 Å². The number of benzene rings is 2. The molecule has 0 heterocycles. The van der Waals surface area contributed by atoms with Gasteiger partial charge in [0.1, 0.15) is 11.5 Å². The number of carbonyl (C=O) groups is 1. The highest BCUT2D eigenvalue weighted by Crippen LogP contribution is 2.31. The lowest BCUT2D eigenvalue weighted by atomic mass is 10.0. The number of hydrogen-bond acceptors (Lipinski definition) is 2. The van der Waals surface area contributed by atoms with Crippen LogP contribution in [0.2, 0.25) is 0 Å². The van der Waals surface area contributed by atoms with Crippen LogP contribution in [0.25, 0.3) is 0 Å². The van der Waals surface area contributed by atoms with Crippen LogP contribution in [0, 0.1) is 6.92 Å². The number of rotatable bonds is 4. The number of ether oxygens (including phenoxy) is 1. The maximum Gasteiger partial charge on any atom is 0.335 e. The van der Waals surface area contributed by atoms with E-state index in [1.165, 1.54) is 0 Å². The van der Waals surface area contributed by atoms with Gasteiger partial charge < -0.3 is 9.84 Å². The van der Waals surface area contributed by atoms with Gasteiger partial charge >= 0.3 is 5.97 Å². The summed E-state index contributed by atoms with van der Waals surface area (Å²) in [6, 6.07) is 12.6. The van der Waals surface area contributed by atoms with E-state index in [4.69, 9.17) is 9.84 Å². The Hall–Kier alpha value is -2.29. The Labute approximate surface area is 118 Å². The van der Waals surface area contributed by atoms with Gasteiger partial charge in [-0.1, -0.05) is 26.0 Å². The van der Waals surface area contributed by atoms with Crippen molar-refractivity contribution in [3.63, 3.8) is 0 Å². The lowest BCUT2D eigenvalue weighted by molar-refractivity contribution is 0.0697. The van der Waals surface area contributed by atoms with Gasteiger partial charge in [-0.15, -0.1) is 0 Å². The Morgan fingerprint density at radius 2 is 1.75 bits per heavy atom. The second-order valence-electron chi connectivity index (χ2n) is 5.13. The van der Waals surface area contributed by atoms with Crippen molar-refractivity contribution in [2.45, 2.75) is 26.7 Å². The number of aryl methyl sites for hydroxylation is 1. The second kappa shape index (κ2) is 5.78. The molecule has 20 heavy (non-hydrogen) atoms. The smallest absolute Gasteiger partial charge is 0.335 e. The van der Waals surface area contributed by atoms with E-state index in [2.05, 4.69) is 26.0 Å². The van der Waals surface area contributed by atoms with E-state index in [-0.39, 0.29) is 5.56 Å². The summed E-state index contributed by atoms with van der Waals surface area (Å²) in [5.41, 5.74) is 2.52. The predicted octanol–water partition coefficient (Wildman–Crippen LogP) is 4.61. The molecule has 0 unspecified atom stereocenters. The first-order chi connectivity index (χ1) is 9.47. The van der Waals surface area contributed by atoms with Crippen LogP contribution >= 0.6 is 0 Å². The first-order valence-corrected chi connectivity index (χ1v) is 6.59. The zero-order valence-electron chi connectivity index (χ0n) is 11.9. The van der Waals surface area contributed by atoms with Gasteiger partial charge in [-0.05, 0) is 54.3 Å². The van der Waals surface area contributed by atoms with Gasteiger partial charge in [-0.25, -0.2) is 4.79 Å². The van der Waals surface area contributed by atoms with Crippen LogP contribution in [0.1, 0.15) is 41.3 Å². The summed E-state index contributed by atoms with van der Waals surface area (Å²) in [4.78, 5) is 10.8. The van der Waals surface area contributed by atoms with Crippen LogP contribution in [0.4, 0.5) is 0 Å². The molecule has 3 nitrogen and oxygen atoms in total. The molecular weight excluding hydrogens is 252 g/mol. The summed E-state index contributed by atoms with van der Waals surface area (Å²) in [6.07, 6.45) is 0. The Morgan fingerprint density at radius 3 is 2.30 bits per heavy atom. The molecule has 1 N–H and O–H groups in total. The quantitative estimate of drug-likeness (QED) is 0.882. The first-order valence-electron chi connectivity index (χ1n) is 6.59. The molecule has 0 saturated carbocycles. The summed E-state index contributed by atoms with van der Waals surface area (Å²) in [5, 5.41) is 8.88. The first kappa shape index (κ1) is 14.1. The van der Waals surface area contributed by atoms with E-state index < -0.39 is 5.97 Å². The van der Waals surface area contributed by atoms with E-state index in [0.717, 1.165) is 16.9 Å². The molecule has 0 aliphatic heterocycles. The van der Waals surface area contributed by atoms with E-state index in [1.807, 2.05) is 13.0 Å². The lowest BCUT2D eigenvalue weighted by Crippen LogP contribution is -1.97. The largest absolute Gasteiger partial charge is 0.478 e. The van der Waals surface area contributed by atoms with Gasteiger partial charge in [0.15, 0.2) is 0 Å². The fraction of sp³-hybridized carbons (Fsp3) is 0.235. The molecule has 2 aromatic carbocycles. The average Bonchev–Trinajstić information content (AvgIpc) is 2.39. The Balaban J connectivity index is 2.29. The monoisotopic (exact) mass is 270 g/mol. The summed E-state index contributed by atoms with van der Waals surface area (Å²) < 4.78 is 5.89. The minimum Gasteiger partial charge on any atom is -0.478 e. The molecule has 2 aromatic rings. The van der Waals surface area contributed by atoms with Crippen LogP contribution in [0.3, 0.4) is 0 Å². The van der Waals surface area contributed by atoms with Gasteiger partial charge in [0.2, 0.25) is 0 Å². The Morgan fingerprint density at radius 1 is 1.10 bits per heavy atom. The summed E-state index contributed by atoms with van der Waals surface area (Å²) in [7, 11) is 0. The van der Waals surface area contributed by atoms with E-state index in [1.54, 1.807) is 24.3 Å². The number of carboxylic acids is 1. The maximum atomic E-state index is 10.8. The van der Waals surface area contributed by atoms with Crippen molar-refractivity contribution < 1.29 is 14.6 Å². The second-order valence-corrected chi connectivity index (χ2v) is 5.13. The van der Waals surface area contributed by atoms with Crippen molar-refractivity contribution in [2.75, 3.05) is 0 Å². The average molecular weight is 270 g/mol. The topological polar surface area (TPSA) is 46.5 Å². The van der Waals surface area contributed by atoms with Gasteiger partial charge in [-0.2, -0.15) is 0 Å². The molecule has 0 spiro atoms. The van der Waals surface area contributed by atoms with Gasteiger partial charge in [0, 0.05) is 0 Å². The van der Waals surface area contributed by atoms with Crippen LogP contribution in [-0.2, 0) is 0 Å². The van der Waals surface area contributed by atoms with Crippen molar-refractivity contribution in [2.24, 2.45) is 0 Å². The lowest BCUT2D eigenvalue weighted by Gasteiger charge is -2.14. The Kier molecular flexibility index (Phi) is 4.08. The SMILES string of the molecule is Cc1ccc(C(C)C)c(Oc2ccc(C(=O)O)cc2)c1. The highest BCUT2D eigenvalue weighted by molar-refractivity contribution is 5.87. The third-order valence-electron chi connectivity index (χ3n) is 3.12. The molecule has 0 saturated heterocycles. The van der Waals surface area contributed by atoms with Crippen molar-refractivity contribution >= 4 is 5.97 Å². The van der Waals surface area contributed by atoms with Crippen molar-refractivity contribution in [3.05, 3.63) is 59.2 Å². The normalized spacial score (nSPS) is 10.6. The van der Waals surface area contributed by atoms with E-state index in [9.17, 15) is 4.79 Å². The molecular formula is C17H18O3. The fourth-order valence-corrected chi connectivity index (χ4v) is 2.00. The minimum absolute atomic E-state index is 0.255. The fourth-order valence-electron chi connectivity index (χ4n) is 2.00. The van der Waals surface area contributed by atoms with Crippen LogP contribution < -0.4 is 4.74 Å². The zero-order valence-corrected chi connectivity index (χ0v) is 11.9. The van der Waals surface area contributed by atoms with Crippen LogP contribution in [0.15, 0.2) is 42.5 Å². The molecule has 0 bridgehead atoms.